The highest BCUT2D eigenvalue weighted by atomic mass is 16.4. The third-order valence-electron chi connectivity index (χ3n) is 3.34. The highest BCUT2D eigenvalue weighted by Crippen LogP contribution is 2.20. The number of carboxylic acids is 1. The lowest BCUT2D eigenvalue weighted by Gasteiger charge is -2.21. The van der Waals surface area contributed by atoms with Crippen molar-refractivity contribution in [3.05, 3.63) is 71.3 Å². The summed E-state index contributed by atoms with van der Waals surface area (Å²) in [4.78, 5) is 11.5. The Labute approximate surface area is 119 Å². The molecule has 0 aliphatic carbocycles. The van der Waals surface area contributed by atoms with Gasteiger partial charge in [-0.25, -0.2) is 0 Å². The number of nitrogens with one attached hydrogen (secondary N) is 1. The lowest BCUT2D eigenvalue weighted by atomic mass is 10.0. The fourth-order valence-corrected chi connectivity index (χ4v) is 2.25. The molecule has 3 heteroatoms. The summed E-state index contributed by atoms with van der Waals surface area (Å²) in [7, 11) is 0. The van der Waals surface area contributed by atoms with Crippen LogP contribution >= 0.6 is 0 Å². The van der Waals surface area contributed by atoms with Gasteiger partial charge in [0.05, 0.1) is 0 Å². The quantitative estimate of drug-likeness (QED) is 0.873. The molecule has 0 radical (unpaired) electrons. The number of hydrogen-bond donors (Lipinski definition) is 2. The van der Waals surface area contributed by atoms with Gasteiger partial charge in [0, 0.05) is 6.04 Å². The van der Waals surface area contributed by atoms with Gasteiger partial charge in [0.15, 0.2) is 0 Å². The van der Waals surface area contributed by atoms with Crippen LogP contribution in [0.1, 0.15) is 35.7 Å². The van der Waals surface area contributed by atoms with Gasteiger partial charge in [-0.15, -0.1) is 0 Å². The molecule has 3 nitrogen and oxygen atoms in total. The summed E-state index contributed by atoms with van der Waals surface area (Å²) in [5.41, 5.74) is 2.91. The van der Waals surface area contributed by atoms with Gasteiger partial charge >= 0.3 is 5.97 Å². The van der Waals surface area contributed by atoms with Crippen molar-refractivity contribution in [3.63, 3.8) is 0 Å². The predicted octanol–water partition coefficient (Wildman–Crippen LogP) is 3.47. The summed E-state index contributed by atoms with van der Waals surface area (Å²) in [5.74, 6) is -0.863. The average Bonchev–Trinajstić information content (AvgIpc) is 2.45. The van der Waals surface area contributed by atoms with Crippen LogP contribution in [0.2, 0.25) is 0 Å². The maximum absolute atomic E-state index is 11.5. The summed E-state index contributed by atoms with van der Waals surface area (Å²) in [6.45, 7) is 3.93. The van der Waals surface area contributed by atoms with Crippen LogP contribution < -0.4 is 5.32 Å². The highest BCUT2D eigenvalue weighted by Gasteiger charge is 2.22. The van der Waals surface area contributed by atoms with Crippen LogP contribution in [0.25, 0.3) is 0 Å². The van der Waals surface area contributed by atoms with Gasteiger partial charge in [-0.3, -0.25) is 10.1 Å². The molecule has 2 unspecified atom stereocenters. The zero-order chi connectivity index (χ0) is 14.5. The summed E-state index contributed by atoms with van der Waals surface area (Å²) in [6.07, 6.45) is 0. The minimum Gasteiger partial charge on any atom is -0.480 e. The Balaban J connectivity index is 2.20. The Kier molecular flexibility index (Phi) is 4.53. The van der Waals surface area contributed by atoms with Gasteiger partial charge in [-0.2, -0.15) is 0 Å². The minimum absolute atomic E-state index is 0.0298. The fourth-order valence-electron chi connectivity index (χ4n) is 2.25. The zero-order valence-corrected chi connectivity index (χ0v) is 11.7. The zero-order valence-electron chi connectivity index (χ0n) is 11.7. The second-order valence-corrected chi connectivity index (χ2v) is 4.98. The van der Waals surface area contributed by atoms with Gasteiger partial charge in [0.25, 0.3) is 0 Å². The van der Waals surface area contributed by atoms with E-state index in [-0.39, 0.29) is 6.04 Å². The molecule has 2 atom stereocenters. The van der Waals surface area contributed by atoms with Crippen LogP contribution in [0.4, 0.5) is 0 Å². The molecule has 0 fully saturated rings. The Morgan fingerprint density at radius 3 is 2.30 bits per heavy atom. The van der Waals surface area contributed by atoms with E-state index < -0.39 is 12.0 Å². The maximum Gasteiger partial charge on any atom is 0.325 e. The third-order valence-corrected chi connectivity index (χ3v) is 3.34. The molecular weight excluding hydrogens is 250 g/mol. The molecule has 2 N–H and O–H groups in total. The summed E-state index contributed by atoms with van der Waals surface area (Å²) >= 11 is 0. The van der Waals surface area contributed by atoms with E-state index in [2.05, 4.69) is 5.32 Å². The number of carbonyl (C=O) groups is 1. The molecule has 0 aliphatic heterocycles. The number of aryl methyl sites for hydroxylation is 1. The fraction of sp³-hybridized carbons (Fsp3) is 0.235. The number of hydrogen-bond acceptors (Lipinski definition) is 2. The Morgan fingerprint density at radius 1 is 1.05 bits per heavy atom. The van der Waals surface area contributed by atoms with Crippen molar-refractivity contribution >= 4 is 5.97 Å². The maximum atomic E-state index is 11.5. The molecule has 0 amide bonds. The Hall–Kier alpha value is -2.13. The van der Waals surface area contributed by atoms with Crippen molar-refractivity contribution in [1.82, 2.24) is 5.32 Å². The van der Waals surface area contributed by atoms with Crippen LogP contribution in [-0.2, 0) is 4.79 Å². The van der Waals surface area contributed by atoms with E-state index in [0.717, 1.165) is 16.7 Å². The van der Waals surface area contributed by atoms with Crippen LogP contribution in [-0.4, -0.2) is 11.1 Å². The van der Waals surface area contributed by atoms with Gasteiger partial charge in [-0.1, -0.05) is 60.2 Å². The largest absolute Gasteiger partial charge is 0.480 e. The van der Waals surface area contributed by atoms with Crippen LogP contribution in [0.15, 0.2) is 54.6 Å². The van der Waals surface area contributed by atoms with Gasteiger partial charge < -0.3 is 5.11 Å². The predicted molar refractivity (Wildman–Crippen MR) is 79.5 cm³/mol. The van der Waals surface area contributed by atoms with Crippen molar-refractivity contribution < 1.29 is 9.90 Å². The minimum atomic E-state index is -0.863. The average molecular weight is 269 g/mol. The Morgan fingerprint density at radius 2 is 1.70 bits per heavy atom. The van der Waals surface area contributed by atoms with E-state index in [1.165, 1.54) is 0 Å². The first-order chi connectivity index (χ1) is 9.58. The molecule has 2 aromatic carbocycles. The second-order valence-electron chi connectivity index (χ2n) is 4.98. The first-order valence-corrected chi connectivity index (χ1v) is 6.68. The van der Waals surface area contributed by atoms with Crippen molar-refractivity contribution in [1.29, 1.82) is 0 Å². The standard InChI is InChI=1S/C17H19NO2/c1-12-7-6-10-15(11-12)16(17(19)20)18-13(2)14-8-4-3-5-9-14/h3-11,13,16,18H,1-2H3,(H,19,20). The molecule has 2 aromatic rings. The molecule has 0 spiro atoms. The number of aliphatic carboxylic acids is 1. The van der Waals surface area contributed by atoms with E-state index in [1.54, 1.807) is 0 Å². The molecule has 104 valence electrons. The molecule has 0 heterocycles. The van der Waals surface area contributed by atoms with Crippen molar-refractivity contribution in [3.8, 4) is 0 Å². The van der Waals surface area contributed by atoms with Gasteiger partial charge in [0.1, 0.15) is 6.04 Å². The van der Waals surface area contributed by atoms with Crippen molar-refractivity contribution in [2.75, 3.05) is 0 Å². The molecule has 0 aliphatic rings. The van der Waals surface area contributed by atoms with E-state index in [0.29, 0.717) is 0 Å². The van der Waals surface area contributed by atoms with Crippen LogP contribution in [0, 0.1) is 6.92 Å². The highest BCUT2D eigenvalue weighted by molar-refractivity contribution is 5.75. The smallest absolute Gasteiger partial charge is 0.325 e. The Bertz CT molecular complexity index is 581. The third kappa shape index (κ3) is 3.45. The SMILES string of the molecule is Cc1cccc(C(NC(C)c2ccccc2)C(=O)O)c1. The van der Waals surface area contributed by atoms with E-state index in [4.69, 9.17) is 0 Å². The number of carboxylic acid groups (broad SMARTS) is 1. The van der Waals surface area contributed by atoms with Crippen LogP contribution in [0.5, 0.6) is 0 Å². The number of rotatable bonds is 5. The normalized spacial score (nSPS) is 13.7. The lowest BCUT2D eigenvalue weighted by molar-refractivity contribution is -0.139. The molecular formula is C17H19NO2. The lowest BCUT2D eigenvalue weighted by Crippen LogP contribution is -2.30. The monoisotopic (exact) mass is 269 g/mol. The molecule has 2 rings (SSSR count). The molecule has 0 bridgehead atoms. The van der Waals surface area contributed by atoms with Crippen molar-refractivity contribution in [2.24, 2.45) is 0 Å². The van der Waals surface area contributed by atoms with Gasteiger partial charge in [-0.05, 0) is 25.0 Å². The first kappa shape index (κ1) is 14.3. The first-order valence-electron chi connectivity index (χ1n) is 6.68. The summed E-state index contributed by atoms with van der Waals surface area (Å²) in [5, 5.41) is 12.6. The van der Waals surface area contributed by atoms with E-state index in [1.807, 2.05) is 68.4 Å². The molecule has 20 heavy (non-hydrogen) atoms. The van der Waals surface area contributed by atoms with Crippen LogP contribution in [0.3, 0.4) is 0 Å². The summed E-state index contributed by atoms with van der Waals surface area (Å²) in [6, 6.07) is 16.7. The van der Waals surface area contributed by atoms with E-state index in [9.17, 15) is 9.90 Å². The van der Waals surface area contributed by atoms with Gasteiger partial charge in [0.2, 0.25) is 0 Å². The molecule has 0 saturated carbocycles. The van der Waals surface area contributed by atoms with E-state index >= 15 is 0 Å². The van der Waals surface area contributed by atoms with Crippen molar-refractivity contribution in [2.45, 2.75) is 25.9 Å². The topological polar surface area (TPSA) is 49.3 Å². The molecule has 0 aromatic heterocycles. The second kappa shape index (κ2) is 6.35. The number of benzene rings is 2. The molecule has 0 saturated heterocycles. The summed E-state index contributed by atoms with van der Waals surface area (Å²) < 4.78 is 0.